The van der Waals surface area contributed by atoms with Gasteiger partial charge in [0, 0.05) is 16.0 Å². The van der Waals surface area contributed by atoms with Crippen LogP contribution < -0.4 is 0 Å². The second-order valence-electron chi connectivity index (χ2n) is 4.58. The minimum Gasteiger partial charge on any atom is -0.294 e. The molecule has 0 radical (unpaired) electrons. The number of carbonyl (C=O) groups is 1. The molecule has 0 spiro atoms. The third-order valence-corrected chi connectivity index (χ3v) is 3.94. The molecule has 0 unspecified atom stereocenters. The van der Waals surface area contributed by atoms with Gasteiger partial charge in [-0.2, -0.15) is 0 Å². The average molecular weight is 305 g/mol. The lowest BCUT2D eigenvalue weighted by Crippen LogP contribution is -2.12. The molecule has 2 heteroatoms. The van der Waals surface area contributed by atoms with Crippen LogP contribution >= 0.6 is 15.9 Å². The van der Waals surface area contributed by atoms with Crippen molar-refractivity contribution in [2.75, 3.05) is 0 Å². The zero-order chi connectivity index (χ0) is 13.1. The molecule has 0 fully saturated rings. The smallest absolute Gasteiger partial charge is 0.165 e. The summed E-state index contributed by atoms with van der Waals surface area (Å²) in [7, 11) is 0. The highest BCUT2D eigenvalue weighted by molar-refractivity contribution is 9.10. The van der Waals surface area contributed by atoms with E-state index in [1.165, 1.54) is 0 Å². The topological polar surface area (TPSA) is 17.1 Å². The molecule has 0 aliphatic carbocycles. The van der Waals surface area contributed by atoms with E-state index in [0.717, 1.165) is 33.7 Å². The summed E-state index contributed by atoms with van der Waals surface area (Å²) in [4.78, 5) is 12.3. The van der Waals surface area contributed by atoms with Crippen molar-refractivity contribution in [2.45, 2.75) is 26.7 Å². The van der Waals surface area contributed by atoms with E-state index in [4.69, 9.17) is 0 Å². The summed E-state index contributed by atoms with van der Waals surface area (Å²) in [6.45, 7) is 4.15. The number of hydrogen-bond acceptors (Lipinski definition) is 1. The Kier molecular flexibility index (Phi) is 4.18. The highest BCUT2D eigenvalue weighted by Gasteiger charge is 2.16. The van der Waals surface area contributed by atoms with E-state index in [9.17, 15) is 4.79 Å². The van der Waals surface area contributed by atoms with E-state index in [1.807, 2.05) is 30.3 Å². The lowest BCUT2D eigenvalue weighted by Gasteiger charge is -2.11. The SMILES string of the molecule is CCC(CC)C(=O)c1ccc2cc(Br)ccc2c1. The molecule has 2 aromatic rings. The number of benzene rings is 2. The second-order valence-corrected chi connectivity index (χ2v) is 5.50. The van der Waals surface area contributed by atoms with E-state index in [0.29, 0.717) is 0 Å². The first kappa shape index (κ1) is 13.3. The Balaban J connectivity index is 2.41. The molecule has 0 aliphatic rings. The lowest BCUT2D eigenvalue weighted by atomic mass is 9.92. The van der Waals surface area contributed by atoms with Gasteiger partial charge in [0.25, 0.3) is 0 Å². The third-order valence-electron chi connectivity index (χ3n) is 3.44. The molecule has 0 atom stereocenters. The van der Waals surface area contributed by atoms with Gasteiger partial charge < -0.3 is 0 Å². The van der Waals surface area contributed by atoms with Crippen LogP contribution in [0, 0.1) is 5.92 Å². The van der Waals surface area contributed by atoms with Crippen LogP contribution in [0.25, 0.3) is 10.8 Å². The Morgan fingerprint density at radius 1 is 1.06 bits per heavy atom. The molecular weight excluding hydrogens is 288 g/mol. The van der Waals surface area contributed by atoms with Crippen LogP contribution in [0.1, 0.15) is 37.0 Å². The molecule has 0 heterocycles. The molecule has 0 saturated heterocycles. The van der Waals surface area contributed by atoms with Crippen LogP contribution in [-0.4, -0.2) is 5.78 Å². The number of fused-ring (bicyclic) bond motifs is 1. The summed E-state index contributed by atoms with van der Waals surface area (Å²) < 4.78 is 1.06. The quantitative estimate of drug-likeness (QED) is 0.708. The van der Waals surface area contributed by atoms with Crippen LogP contribution in [0.5, 0.6) is 0 Å². The fraction of sp³-hybridized carbons (Fsp3) is 0.312. The maximum atomic E-state index is 12.3. The van der Waals surface area contributed by atoms with Crippen molar-refractivity contribution in [2.24, 2.45) is 5.92 Å². The summed E-state index contributed by atoms with van der Waals surface area (Å²) >= 11 is 3.46. The number of halogens is 1. The van der Waals surface area contributed by atoms with Crippen LogP contribution in [-0.2, 0) is 0 Å². The summed E-state index contributed by atoms with van der Waals surface area (Å²) in [6.07, 6.45) is 1.82. The molecular formula is C16H17BrO. The molecule has 0 saturated carbocycles. The average Bonchev–Trinajstić information content (AvgIpc) is 2.39. The highest BCUT2D eigenvalue weighted by atomic mass is 79.9. The van der Waals surface area contributed by atoms with Crippen molar-refractivity contribution >= 4 is 32.5 Å². The summed E-state index contributed by atoms with van der Waals surface area (Å²) in [5, 5.41) is 2.28. The van der Waals surface area contributed by atoms with Gasteiger partial charge in [-0.15, -0.1) is 0 Å². The predicted octanol–water partition coefficient (Wildman–Crippen LogP) is 5.22. The number of Topliss-reactive ketones (excluding diaryl/α,β-unsaturated/α-hetero) is 1. The van der Waals surface area contributed by atoms with E-state index in [2.05, 4.69) is 35.8 Å². The molecule has 0 amide bonds. The first-order valence-corrected chi connectivity index (χ1v) is 7.18. The molecule has 0 aliphatic heterocycles. The fourth-order valence-corrected chi connectivity index (χ4v) is 2.64. The maximum Gasteiger partial charge on any atom is 0.165 e. The van der Waals surface area contributed by atoms with Gasteiger partial charge >= 0.3 is 0 Å². The Labute approximate surface area is 116 Å². The Morgan fingerprint density at radius 3 is 2.33 bits per heavy atom. The van der Waals surface area contributed by atoms with Gasteiger partial charge in [-0.25, -0.2) is 0 Å². The number of rotatable bonds is 4. The summed E-state index contributed by atoms with van der Waals surface area (Å²) in [5.74, 6) is 0.419. The number of ketones is 1. The maximum absolute atomic E-state index is 12.3. The van der Waals surface area contributed by atoms with Crippen molar-refractivity contribution < 1.29 is 4.79 Å². The molecule has 94 valence electrons. The van der Waals surface area contributed by atoms with Crippen LogP contribution in [0.3, 0.4) is 0 Å². The van der Waals surface area contributed by atoms with Crippen molar-refractivity contribution in [1.29, 1.82) is 0 Å². The van der Waals surface area contributed by atoms with Gasteiger partial charge in [-0.05, 0) is 41.8 Å². The van der Waals surface area contributed by atoms with Crippen LogP contribution in [0.2, 0.25) is 0 Å². The molecule has 2 aromatic carbocycles. The monoisotopic (exact) mass is 304 g/mol. The highest BCUT2D eigenvalue weighted by Crippen LogP contribution is 2.23. The largest absolute Gasteiger partial charge is 0.294 e. The minimum absolute atomic E-state index is 0.151. The zero-order valence-corrected chi connectivity index (χ0v) is 12.3. The van der Waals surface area contributed by atoms with E-state index in [1.54, 1.807) is 0 Å². The van der Waals surface area contributed by atoms with Gasteiger partial charge in [0.2, 0.25) is 0 Å². The molecule has 18 heavy (non-hydrogen) atoms. The minimum atomic E-state index is 0.151. The van der Waals surface area contributed by atoms with Crippen molar-refractivity contribution in [1.82, 2.24) is 0 Å². The standard InChI is InChI=1S/C16H17BrO/c1-3-11(4-2)16(18)14-6-5-13-10-15(17)8-7-12(13)9-14/h5-11H,3-4H2,1-2H3. The third kappa shape index (κ3) is 2.64. The van der Waals surface area contributed by atoms with Crippen molar-refractivity contribution in [3.05, 3.63) is 46.4 Å². The Hall–Kier alpha value is -1.15. The first-order chi connectivity index (χ1) is 8.65. The normalized spacial score (nSPS) is 11.1. The van der Waals surface area contributed by atoms with Crippen molar-refractivity contribution in [3.63, 3.8) is 0 Å². The van der Waals surface area contributed by atoms with E-state index >= 15 is 0 Å². The molecule has 0 N–H and O–H groups in total. The Morgan fingerprint density at radius 2 is 1.67 bits per heavy atom. The van der Waals surface area contributed by atoms with Gasteiger partial charge in [0.15, 0.2) is 5.78 Å². The Bertz CT molecular complexity index is 570. The summed E-state index contributed by atoms with van der Waals surface area (Å²) in [6, 6.07) is 12.1. The zero-order valence-electron chi connectivity index (χ0n) is 10.7. The first-order valence-electron chi connectivity index (χ1n) is 6.39. The van der Waals surface area contributed by atoms with Crippen molar-refractivity contribution in [3.8, 4) is 0 Å². The second kappa shape index (κ2) is 5.66. The summed E-state index contributed by atoms with van der Waals surface area (Å²) in [5.41, 5.74) is 0.832. The van der Waals surface area contributed by atoms with Crippen LogP contribution in [0.15, 0.2) is 40.9 Å². The molecule has 1 nitrogen and oxygen atoms in total. The lowest BCUT2D eigenvalue weighted by molar-refractivity contribution is 0.0913. The molecule has 2 rings (SSSR count). The van der Waals surface area contributed by atoms with Gasteiger partial charge in [-0.1, -0.05) is 48.0 Å². The predicted molar refractivity (Wildman–Crippen MR) is 80.1 cm³/mol. The molecule has 0 bridgehead atoms. The van der Waals surface area contributed by atoms with E-state index in [-0.39, 0.29) is 11.7 Å². The van der Waals surface area contributed by atoms with Crippen LogP contribution in [0.4, 0.5) is 0 Å². The fourth-order valence-electron chi connectivity index (χ4n) is 2.27. The number of carbonyl (C=O) groups excluding carboxylic acids is 1. The number of hydrogen-bond donors (Lipinski definition) is 0. The van der Waals surface area contributed by atoms with Gasteiger partial charge in [0.1, 0.15) is 0 Å². The molecule has 0 aromatic heterocycles. The van der Waals surface area contributed by atoms with Gasteiger partial charge in [0.05, 0.1) is 0 Å². The van der Waals surface area contributed by atoms with E-state index < -0.39 is 0 Å². The van der Waals surface area contributed by atoms with Gasteiger partial charge in [-0.3, -0.25) is 4.79 Å².